The average molecular weight is 293 g/mol. The Morgan fingerprint density at radius 2 is 2.05 bits per heavy atom. The molecule has 0 heterocycles. The predicted molar refractivity (Wildman–Crippen MR) is 84.4 cm³/mol. The van der Waals surface area contributed by atoms with Crippen LogP contribution in [0.25, 0.3) is 0 Å². The highest BCUT2D eigenvalue weighted by Gasteiger charge is 2.21. The molecule has 0 aromatic heterocycles. The van der Waals surface area contributed by atoms with Gasteiger partial charge in [-0.05, 0) is 31.7 Å². The van der Waals surface area contributed by atoms with Crippen molar-refractivity contribution in [1.29, 1.82) is 0 Å². The second-order valence-corrected chi connectivity index (χ2v) is 6.19. The molecule has 0 aliphatic rings. The molecule has 1 rings (SSSR count). The third-order valence-electron chi connectivity index (χ3n) is 3.47. The first kappa shape index (κ1) is 17.5. The summed E-state index contributed by atoms with van der Waals surface area (Å²) in [5.74, 6) is 1.14. The van der Waals surface area contributed by atoms with Gasteiger partial charge in [-0.2, -0.15) is 0 Å². The van der Waals surface area contributed by atoms with Crippen molar-refractivity contribution < 1.29 is 14.6 Å². The van der Waals surface area contributed by atoms with E-state index in [0.29, 0.717) is 18.1 Å². The lowest BCUT2D eigenvalue weighted by molar-refractivity contribution is -0.121. The van der Waals surface area contributed by atoms with Crippen molar-refractivity contribution >= 4 is 5.91 Å². The van der Waals surface area contributed by atoms with Crippen LogP contribution in [-0.2, 0) is 11.2 Å². The van der Waals surface area contributed by atoms with Gasteiger partial charge in [-0.15, -0.1) is 0 Å². The molecule has 0 radical (unpaired) electrons. The third-order valence-corrected chi connectivity index (χ3v) is 3.47. The Morgan fingerprint density at radius 3 is 2.67 bits per heavy atom. The molecular weight excluding hydrogens is 266 g/mol. The lowest BCUT2D eigenvalue weighted by Gasteiger charge is -2.24. The summed E-state index contributed by atoms with van der Waals surface area (Å²) in [6, 6.07) is 7.46. The summed E-state index contributed by atoms with van der Waals surface area (Å²) in [4.78, 5) is 12.0. The summed E-state index contributed by atoms with van der Waals surface area (Å²) in [5.41, 5.74) is -0.0138. The number of rotatable bonds is 8. The van der Waals surface area contributed by atoms with E-state index in [-0.39, 0.29) is 18.9 Å². The van der Waals surface area contributed by atoms with E-state index in [2.05, 4.69) is 19.2 Å². The fourth-order valence-corrected chi connectivity index (χ4v) is 2.06. The molecule has 4 heteroatoms. The van der Waals surface area contributed by atoms with Gasteiger partial charge in [-0.3, -0.25) is 4.79 Å². The first-order valence-corrected chi connectivity index (χ1v) is 7.45. The van der Waals surface area contributed by atoms with Crippen molar-refractivity contribution in [2.45, 2.75) is 45.6 Å². The molecule has 21 heavy (non-hydrogen) atoms. The van der Waals surface area contributed by atoms with Crippen LogP contribution in [0.2, 0.25) is 0 Å². The normalized spacial score (nSPS) is 13.8. The SMILES string of the molecule is COc1ccccc1CC(=O)NCC(C)(O)CCC(C)C. The molecule has 1 aromatic rings. The van der Waals surface area contributed by atoms with Crippen LogP contribution >= 0.6 is 0 Å². The zero-order chi connectivity index (χ0) is 15.9. The molecule has 1 amide bonds. The minimum absolute atomic E-state index is 0.107. The highest BCUT2D eigenvalue weighted by molar-refractivity contribution is 5.79. The van der Waals surface area contributed by atoms with Gasteiger partial charge >= 0.3 is 0 Å². The van der Waals surface area contributed by atoms with Crippen molar-refractivity contribution in [2.24, 2.45) is 5.92 Å². The Morgan fingerprint density at radius 1 is 1.38 bits per heavy atom. The highest BCUT2D eigenvalue weighted by atomic mass is 16.5. The summed E-state index contributed by atoms with van der Waals surface area (Å²) >= 11 is 0. The molecule has 0 bridgehead atoms. The van der Waals surface area contributed by atoms with Gasteiger partial charge in [0.05, 0.1) is 19.1 Å². The first-order valence-electron chi connectivity index (χ1n) is 7.45. The molecule has 0 saturated heterocycles. The maximum Gasteiger partial charge on any atom is 0.224 e. The molecule has 0 aliphatic heterocycles. The number of carbonyl (C=O) groups is 1. The van der Waals surface area contributed by atoms with E-state index in [9.17, 15) is 9.90 Å². The van der Waals surface area contributed by atoms with Crippen LogP contribution in [0.15, 0.2) is 24.3 Å². The lowest BCUT2D eigenvalue weighted by atomic mass is 9.95. The van der Waals surface area contributed by atoms with Crippen molar-refractivity contribution in [2.75, 3.05) is 13.7 Å². The van der Waals surface area contributed by atoms with E-state index in [0.717, 1.165) is 12.0 Å². The molecule has 0 saturated carbocycles. The summed E-state index contributed by atoms with van der Waals surface area (Å²) in [6.45, 7) is 6.28. The molecule has 0 fully saturated rings. The second kappa shape index (κ2) is 8.03. The van der Waals surface area contributed by atoms with Gasteiger partial charge in [0.25, 0.3) is 0 Å². The van der Waals surface area contributed by atoms with Crippen molar-refractivity contribution in [1.82, 2.24) is 5.32 Å². The van der Waals surface area contributed by atoms with E-state index < -0.39 is 5.60 Å². The summed E-state index contributed by atoms with van der Waals surface area (Å²) in [7, 11) is 1.59. The van der Waals surface area contributed by atoms with Crippen LogP contribution < -0.4 is 10.1 Å². The van der Waals surface area contributed by atoms with E-state index in [4.69, 9.17) is 4.74 Å². The first-order chi connectivity index (χ1) is 9.84. The number of carbonyl (C=O) groups excluding carboxylic acids is 1. The highest BCUT2D eigenvalue weighted by Crippen LogP contribution is 2.18. The van der Waals surface area contributed by atoms with Gasteiger partial charge in [0.15, 0.2) is 0 Å². The van der Waals surface area contributed by atoms with E-state index in [1.165, 1.54) is 0 Å². The number of methoxy groups -OCH3 is 1. The largest absolute Gasteiger partial charge is 0.496 e. The Kier molecular flexibility index (Phi) is 6.69. The third kappa shape index (κ3) is 6.63. The zero-order valence-electron chi connectivity index (χ0n) is 13.5. The number of hydrogen-bond donors (Lipinski definition) is 2. The van der Waals surface area contributed by atoms with Gasteiger partial charge in [0.2, 0.25) is 5.91 Å². The van der Waals surface area contributed by atoms with Gasteiger partial charge in [-0.25, -0.2) is 0 Å². The Balaban J connectivity index is 2.47. The minimum Gasteiger partial charge on any atom is -0.496 e. The Hall–Kier alpha value is -1.55. The molecule has 2 N–H and O–H groups in total. The number of amides is 1. The quantitative estimate of drug-likeness (QED) is 0.774. The number of benzene rings is 1. The molecule has 4 nitrogen and oxygen atoms in total. The predicted octanol–water partition coefficient (Wildman–Crippen LogP) is 2.54. The fraction of sp³-hybridized carbons (Fsp3) is 0.588. The van der Waals surface area contributed by atoms with Crippen molar-refractivity contribution in [3.63, 3.8) is 0 Å². The number of ether oxygens (including phenoxy) is 1. The fourth-order valence-electron chi connectivity index (χ4n) is 2.06. The summed E-state index contributed by atoms with van der Waals surface area (Å²) in [6.07, 6.45) is 1.87. The molecule has 0 aliphatic carbocycles. The molecule has 0 spiro atoms. The topological polar surface area (TPSA) is 58.6 Å². The van der Waals surface area contributed by atoms with Crippen LogP contribution in [0, 0.1) is 5.92 Å². The molecular formula is C17H27NO3. The van der Waals surface area contributed by atoms with Gasteiger partial charge in [-0.1, -0.05) is 32.0 Å². The standard InChI is InChI=1S/C17H27NO3/c1-13(2)9-10-17(3,20)12-18-16(19)11-14-7-5-6-8-15(14)21-4/h5-8,13,20H,9-12H2,1-4H3,(H,18,19). The lowest BCUT2D eigenvalue weighted by Crippen LogP contribution is -2.41. The smallest absolute Gasteiger partial charge is 0.224 e. The van der Waals surface area contributed by atoms with Crippen LogP contribution in [-0.4, -0.2) is 30.3 Å². The number of aliphatic hydroxyl groups is 1. The van der Waals surface area contributed by atoms with E-state index >= 15 is 0 Å². The van der Waals surface area contributed by atoms with Crippen LogP contribution in [0.5, 0.6) is 5.75 Å². The second-order valence-electron chi connectivity index (χ2n) is 6.19. The number of nitrogens with one attached hydrogen (secondary N) is 1. The van der Waals surface area contributed by atoms with Crippen LogP contribution in [0.1, 0.15) is 39.2 Å². The maximum absolute atomic E-state index is 12.0. The van der Waals surface area contributed by atoms with Gasteiger partial charge in [0, 0.05) is 12.1 Å². The molecule has 118 valence electrons. The van der Waals surface area contributed by atoms with Gasteiger partial charge in [0.1, 0.15) is 5.75 Å². The van der Waals surface area contributed by atoms with E-state index in [1.54, 1.807) is 14.0 Å². The monoisotopic (exact) mass is 293 g/mol. The number of hydrogen-bond acceptors (Lipinski definition) is 3. The van der Waals surface area contributed by atoms with E-state index in [1.807, 2.05) is 24.3 Å². The molecule has 1 unspecified atom stereocenters. The number of para-hydroxylation sites is 1. The summed E-state index contributed by atoms with van der Waals surface area (Å²) < 4.78 is 5.23. The Bertz CT molecular complexity index is 455. The van der Waals surface area contributed by atoms with Crippen LogP contribution in [0.3, 0.4) is 0 Å². The Labute approximate surface area is 127 Å². The maximum atomic E-state index is 12.0. The minimum atomic E-state index is -0.860. The van der Waals surface area contributed by atoms with Crippen molar-refractivity contribution in [3.05, 3.63) is 29.8 Å². The van der Waals surface area contributed by atoms with Gasteiger partial charge < -0.3 is 15.2 Å². The molecule has 1 aromatic carbocycles. The summed E-state index contributed by atoms with van der Waals surface area (Å²) in [5, 5.41) is 13.0. The molecule has 1 atom stereocenters. The average Bonchev–Trinajstić information content (AvgIpc) is 2.44. The van der Waals surface area contributed by atoms with Crippen LogP contribution in [0.4, 0.5) is 0 Å². The zero-order valence-corrected chi connectivity index (χ0v) is 13.5. The van der Waals surface area contributed by atoms with Crippen molar-refractivity contribution in [3.8, 4) is 5.75 Å².